The van der Waals surface area contributed by atoms with Crippen molar-refractivity contribution >= 4 is 21.9 Å². The third-order valence-electron chi connectivity index (χ3n) is 2.72. The zero-order valence-corrected chi connectivity index (χ0v) is 12.8. The maximum atomic E-state index is 13.4. The summed E-state index contributed by atoms with van der Waals surface area (Å²) in [6.07, 6.45) is -0.0784. The smallest absolute Gasteiger partial charge is 0.310 e. The minimum Gasteiger partial charge on any atom is -0.490 e. The van der Waals surface area contributed by atoms with E-state index in [0.29, 0.717) is 11.3 Å². The summed E-state index contributed by atoms with van der Waals surface area (Å²) in [6.45, 7) is 0.383. The first-order valence-electron chi connectivity index (χ1n) is 6.42. The molecule has 0 unspecified atom stereocenters. The maximum Gasteiger partial charge on any atom is 0.310 e. The molecule has 0 aliphatic heterocycles. The first kappa shape index (κ1) is 15.5. The number of carbonyl (C=O) groups excluding carboxylic acids is 1. The molecule has 2 aromatic rings. The van der Waals surface area contributed by atoms with E-state index in [9.17, 15) is 9.18 Å². The molecule has 5 heteroatoms. The number of benzene rings is 2. The van der Waals surface area contributed by atoms with Crippen LogP contribution in [0.25, 0.3) is 0 Å². The Morgan fingerprint density at radius 3 is 2.48 bits per heavy atom. The van der Waals surface area contributed by atoms with Crippen LogP contribution in [-0.4, -0.2) is 19.2 Å². The average molecular weight is 353 g/mol. The highest BCUT2D eigenvalue weighted by molar-refractivity contribution is 9.10. The van der Waals surface area contributed by atoms with Gasteiger partial charge in [-0.15, -0.1) is 0 Å². The van der Waals surface area contributed by atoms with Gasteiger partial charge in [0.1, 0.15) is 24.8 Å². The first-order chi connectivity index (χ1) is 10.1. The van der Waals surface area contributed by atoms with Gasteiger partial charge in [0.15, 0.2) is 0 Å². The summed E-state index contributed by atoms with van der Waals surface area (Å²) in [5.74, 6) is -0.177. The molecule has 0 radical (unpaired) electrons. The number of rotatable bonds is 6. The third-order valence-corrected chi connectivity index (χ3v) is 3.25. The summed E-state index contributed by atoms with van der Waals surface area (Å²) in [4.78, 5) is 11.6. The molecule has 0 aliphatic rings. The van der Waals surface area contributed by atoms with Crippen molar-refractivity contribution in [1.29, 1.82) is 0 Å². The molecule has 3 nitrogen and oxygen atoms in total. The Hall–Kier alpha value is -1.88. The summed E-state index contributed by atoms with van der Waals surface area (Å²) in [5, 5.41) is 0. The molecule has 0 fully saturated rings. The number of ether oxygens (including phenoxy) is 2. The van der Waals surface area contributed by atoms with Gasteiger partial charge in [0, 0.05) is 4.47 Å². The van der Waals surface area contributed by atoms with Crippen molar-refractivity contribution in [2.45, 2.75) is 6.42 Å². The van der Waals surface area contributed by atoms with Crippen LogP contribution in [0.2, 0.25) is 0 Å². The van der Waals surface area contributed by atoms with E-state index < -0.39 is 11.8 Å². The topological polar surface area (TPSA) is 35.5 Å². The minimum absolute atomic E-state index is 0.0784. The lowest BCUT2D eigenvalue weighted by atomic mass is 10.1. The van der Waals surface area contributed by atoms with Gasteiger partial charge in [0.05, 0.1) is 6.42 Å². The van der Waals surface area contributed by atoms with Crippen molar-refractivity contribution in [3.63, 3.8) is 0 Å². The standard InChI is InChI=1S/C16H14BrFO3/c17-13-5-7-14(8-6-13)20-9-10-21-16(19)11-12-3-1-2-4-15(12)18/h1-8H,9-11H2. The van der Waals surface area contributed by atoms with Gasteiger partial charge in [0.25, 0.3) is 0 Å². The van der Waals surface area contributed by atoms with E-state index in [-0.39, 0.29) is 19.6 Å². The Kier molecular flexibility index (Phi) is 5.75. The SMILES string of the molecule is O=C(Cc1ccccc1F)OCCOc1ccc(Br)cc1. The Morgan fingerprint density at radius 2 is 1.76 bits per heavy atom. The highest BCUT2D eigenvalue weighted by Gasteiger charge is 2.08. The van der Waals surface area contributed by atoms with E-state index in [1.807, 2.05) is 24.3 Å². The predicted octanol–water partition coefficient (Wildman–Crippen LogP) is 3.75. The van der Waals surface area contributed by atoms with E-state index in [4.69, 9.17) is 9.47 Å². The number of halogens is 2. The van der Waals surface area contributed by atoms with Crippen molar-refractivity contribution in [2.24, 2.45) is 0 Å². The van der Waals surface area contributed by atoms with Gasteiger partial charge in [-0.05, 0) is 35.9 Å². The molecule has 2 aromatic carbocycles. The molecule has 0 aliphatic carbocycles. The van der Waals surface area contributed by atoms with Gasteiger partial charge in [-0.1, -0.05) is 34.1 Å². The Labute approximate surface area is 130 Å². The number of carbonyl (C=O) groups is 1. The summed E-state index contributed by atoms with van der Waals surface area (Å²) in [7, 11) is 0. The molecule has 110 valence electrons. The van der Waals surface area contributed by atoms with Gasteiger partial charge in [0.2, 0.25) is 0 Å². The van der Waals surface area contributed by atoms with Crippen LogP contribution < -0.4 is 4.74 Å². The Bertz CT molecular complexity index is 599. The van der Waals surface area contributed by atoms with Crippen LogP contribution in [0.4, 0.5) is 4.39 Å². The molecule has 0 amide bonds. The fourth-order valence-corrected chi connectivity index (χ4v) is 1.96. The van der Waals surface area contributed by atoms with Crippen LogP contribution in [-0.2, 0) is 16.0 Å². The second-order valence-corrected chi connectivity index (χ2v) is 5.21. The molecule has 21 heavy (non-hydrogen) atoms. The Morgan fingerprint density at radius 1 is 1.05 bits per heavy atom. The highest BCUT2D eigenvalue weighted by Crippen LogP contribution is 2.15. The molecule has 0 bridgehead atoms. The fourth-order valence-electron chi connectivity index (χ4n) is 1.69. The van der Waals surface area contributed by atoms with Gasteiger partial charge < -0.3 is 9.47 Å². The minimum atomic E-state index is -0.473. The van der Waals surface area contributed by atoms with Crippen molar-refractivity contribution in [3.8, 4) is 5.75 Å². The lowest BCUT2D eigenvalue weighted by Crippen LogP contribution is -2.14. The molecule has 0 N–H and O–H groups in total. The number of esters is 1. The molecule has 0 saturated carbocycles. The normalized spacial score (nSPS) is 10.2. The highest BCUT2D eigenvalue weighted by atomic mass is 79.9. The van der Waals surface area contributed by atoms with E-state index in [0.717, 1.165) is 4.47 Å². The second-order valence-electron chi connectivity index (χ2n) is 4.29. The monoisotopic (exact) mass is 352 g/mol. The lowest BCUT2D eigenvalue weighted by Gasteiger charge is -2.08. The van der Waals surface area contributed by atoms with Crippen LogP contribution in [0, 0.1) is 5.82 Å². The largest absolute Gasteiger partial charge is 0.490 e. The lowest BCUT2D eigenvalue weighted by molar-refractivity contribution is -0.143. The van der Waals surface area contributed by atoms with Gasteiger partial charge in [-0.3, -0.25) is 4.79 Å². The van der Waals surface area contributed by atoms with Gasteiger partial charge >= 0.3 is 5.97 Å². The molecule has 0 heterocycles. The first-order valence-corrected chi connectivity index (χ1v) is 7.22. The van der Waals surface area contributed by atoms with Crippen molar-refractivity contribution in [3.05, 3.63) is 64.4 Å². The average Bonchev–Trinajstić information content (AvgIpc) is 2.48. The fraction of sp³-hybridized carbons (Fsp3) is 0.188. The molecular formula is C16H14BrFO3. The third kappa shape index (κ3) is 5.19. The molecule has 0 atom stereocenters. The Balaban J connectivity index is 1.70. The van der Waals surface area contributed by atoms with Crippen LogP contribution in [0.3, 0.4) is 0 Å². The van der Waals surface area contributed by atoms with Crippen LogP contribution in [0.5, 0.6) is 5.75 Å². The zero-order chi connectivity index (χ0) is 15.1. The van der Waals surface area contributed by atoms with Crippen LogP contribution >= 0.6 is 15.9 Å². The van der Waals surface area contributed by atoms with Crippen molar-refractivity contribution in [1.82, 2.24) is 0 Å². The summed E-state index contributed by atoms with van der Waals surface area (Å²) in [6, 6.07) is 13.5. The molecule has 0 spiro atoms. The van der Waals surface area contributed by atoms with Crippen LogP contribution in [0.1, 0.15) is 5.56 Å². The van der Waals surface area contributed by atoms with Gasteiger partial charge in [-0.2, -0.15) is 0 Å². The van der Waals surface area contributed by atoms with Crippen molar-refractivity contribution < 1.29 is 18.7 Å². The van der Waals surface area contributed by atoms with Crippen molar-refractivity contribution in [2.75, 3.05) is 13.2 Å². The molecule has 0 saturated heterocycles. The zero-order valence-electron chi connectivity index (χ0n) is 11.2. The summed E-state index contributed by atoms with van der Waals surface area (Å²) >= 11 is 3.33. The number of hydrogen-bond acceptors (Lipinski definition) is 3. The predicted molar refractivity (Wildman–Crippen MR) is 80.7 cm³/mol. The van der Waals surface area contributed by atoms with Gasteiger partial charge in [-0.25, -0.2) is 4.39 Å². The van der Waals surface area contributed by atoms with E-state index in [1.165, 1.54) is 6.07 Å². The quantitative estimate of drug-likeness (QED) is 0.586. The van der Waals surface area contributed by atoms with E-state index >= 15 is 0 Å². The van der Waals surface area contributed by atoms with E-state index in [2.05, 4.69) is 15.9 Å². The molecular weight excluding hydrogens is 339 g/mol. The summed E-state index contributed by atoms with van der Waals surface area (Å²) < 4.78 is 24.7. The molecule has 2 rings (SSSR count). The second kappa shape index (κ2) is 7.78. The molecule has 0 aromatic heterocycles. The maximum absolute atomic E-state index is 13.4. The van der Waals surface area contributed by atoms with E-state index in [1.54, 1.807) is 18.2 Å². The number of hydrogen-bond donors (Lipinski definition) is 0. The van der Waals surface area contributed by atoms with Crippen LogP contribution in [0.15, 0.2) is 53.0 Å². The summed E-state index contributed by atoms with van der Waals surface area (Å²) in [5.41, 5.74) is 0.330.